The summed E-state index contributed by atoms with van der Waals surface area (Å²) in [4.78, 5) is 26.7. The van der Waals surface area contributed by atoms with Gasteiger partial charge in [-0.2, -0.15) is 5.10 Å². The highest BCUT2D eigenvalue weighted by molar-refractivity contribution is 6.30. The highest BCUT2D eigenvalue weighted by atomic mass is 35.5. The van der Waals surface area contributed by atoms with Crippen LogP contribution in [0.5, 0.6) is 0 Å². The summed E-state index contributed by atoms with van der Waals surface area (Å²) in [6, 6.07) is 9.12. The second-order valence-corrected chi connectivity index (χ2v) is 7.11. The van der Waals surface area contributed by atoms with E-state index in [4.69, 9.17) is 11.6 Å². The predicted octanol–water partition coefficient (Wildman–Crippen LogP) is 2.14. The van der Waals surface area contributed by atoms with Crippen LogP contribution in [0.1, 0.15) is 12.0 Å². The van der Waals surface area contributed by atoms with Gasteiger partial charge in [0.25, 0.3) is 11.8 Å². The molecule has 0 aliphatic carbocycles. The van der Waals surface area contributed by atoms with Gasteiger partial charge in [-0.15, -0.1) is 0 Å². The number of aromatic nitrogens is 2. The first-order chi connectivity index (χ1) is 13.4. The van der Waals surface area contributed by atoms with Gasteiger partial charge in [0.15, 0.2) is 0 Å². The van der Waals surface area contributed by atoms with Gasteiger partial charge in [-0.25, -0.2) is 4.39 Å². The number of hydrogen-bond acceptors (Lipinski definition) is 4. The van der Waals surface area contributed by atoms with Gasteiger partial charge < -0.3 is 15.3 Å². The minimum atomic E-state index is -2.18. The van der Waals surface area contributed by atoms with Crippen molar-refractivity contribution in [2.45, 2.75) is 18.6 Å². The molecule has 1 saturated heterocycles. The van der Waals surface area contributed by atoms with E-state index in [0.29, 0.717) is 11.3 Å². The maximum absolute atomic E-state index is 13.4. The van der Waals surface area contributed by atoms with Crippen LogP contribution in [0.15, 0.2) is 42.6 Å². The molecule has 28 heavy (non-hydrogen) atoms. The molecule has 1 atom stereocenters. The van der Waals surface area contributed by atoms with Crippen LogP contribution in [0.25, 0.3) is 10.9 Å². The SMILES string of the molecule is O=C(NCc1cc(F)cc(Cl)c1)C1(O)CCN(c2ccc3[nH]ncc3c2)C1=O. The third kappa shape index (κ3) is 3.21. The van der Waals surface area contributed by atoms with Crippen molar-refractivity contribution in [3.8, 4) is 0 Å². The van der Waals surface area contributed by atoms with Crippen LogP contribution in [-0.2, 0) is 16.1 Å². The summed E-state index contributed by atoms with van der Waals surface area (Å²) in [6.07, 6.45) is 1.58. The smallest absolute Gasteiger partial charge is 0.268 e. The number of aromatic amines is 1. The van der Waals surface area contributed by atoms with Crippen LogP contribution < -0.4 is 10.2 Å². The molecule has 1 aliphatic heterocycles. The summed E-state index contributed by atoms with van der Waals surface area (Å²) in [6.45, 7) is 0.130. The standard InChI is InChI=1S/C19H16ClFN4O3/c20-13-5-11(6-14(21)8-13)9-22-17(26)19(28)3-4-25(18(19)27)15-1-2-16-12(7-15)10-23-24-16/h1-2,5-8,10,28H,3-4,9H2,(H,22,26)(H,23,24). The Morgan fingerprint density at radius 1 is 1.36 bits per heavy atom. The second kappa shape index (κ2) is 6.88. The number of carbonyl (C=O) groups is 2. The van der Waals surface area contributed by atoms with Crippen molar-refractivity contribution in [3.05, 3.63) is 59.0 Å². The lowest BCUT2D eigenvalue weighted by Crippen LogP contribution is -2.52. The predicted molar refractivity (Wildman–Crippen MR) is 101 cm³/mol. The zero-order valence-corrected chi connectivity index (χ0v) is 15.3. The van der Waals surface area contributed by atoms with E-state index in [9.17, 15) is 19.1 Å². The van der Waals surface area contributed by atoms with Gasteiger partial charge in [0.2, 0.25) is 5.60 Å². The molecule has 1 aromatic heterocycles. The van der Waals surface area contributed by atoms with Crippen molar-refractivity contribution in [1.82, 2.24) is 15.5 Å². The van der Waals surface area contributed by atoms with Gasteiger partial charge >= 0.3 is 0 Å². The number of rotatable bonds is 4. The fraction of sp³-hybridized carbons (Fsp3) is 0.211. The molecule has 1 fully saturated rings. The number of hydrogen-bond donors (Lipinski definition) is 3. The van der Waals surface area contributed by atoms with Gasteiger partial charge in [-0.3, -0.25) is 14.7 Å². The molecule has 0 saturated carbocycles. The van der Waals surface area contributed by atoms with Gasteiger partial charge in [0.1, 0.15) is 5.82 Å². The van der Waals surface area contributed by atoms with Crippen LogP contribution in [0, 0.1) is 5.82 Å². The van der Waals surface area contributed by atoms with Crippen LogP contribution in [0.2, 0.25) is 5.02 Å². The molecule has 7 nitrogen and oxygen atoms in total. The molecule has 144 valence electrons. The van der Waals surface area contributed by atoms with Gasteiger partial charge in [-0.05, 0) is 42.0 Å². The van der Waals surface area contributed by atoms with Crippen LogP contribution in [0.3, 0.4) is 0 Å². The molecule has 1 unspecified atom stereocenters. The number of carbonyl (C=O) groups excluding carboxylic acids is 2. The number of amides is 2. The average Bonchev–Trinajstić information content (AvgIpc) is 3.24. The third-order valence-electron chi connectivity index (χ3n) is 4.78. The molecule has 2 heterocycles. The van der Waals surface area contributed by atoms with Crippen LogP contribution >= 0.6 is 11.6 Å². The number of nitrogens with zero attached hydrogens (tertiary/aromatic N) is 2. The minimum absolute atomic E-state index is 0.0506. The van der Waals surface area contributed by atoms with E-state index in [0.717, 1.165) is 17.0 Å². The summed E-state index contributed by atoms with van der Waals surface area (Å²) in [7, 11) is 0. The van der Waals surface area contributed by atoms with Crippen LogP contribution in [0.4, 0.5) is 10.1 Å². The Kier molecular flexibility index (Phi) is 4.52. The van der Waals surface area contributed by atoms with Gasteiger partial charge in [0.05, 0.1) is 11.7 Å². The molecule has 2 amide bonds. The van der Waals surface area contributed by atoms with Crippen molar-refractivity contribution < 1.29 is 19.1 Å². The molecule has 1 aliphatic rings. The second-order valence-electron chi connectivity index (χ2n) is 6.67. The summed E-state index contributed by atoms with van der Waals surface area (Å²) in [5, 5.41) is 20.9. The Morgan fingerprint density at radius 2 is 2.18 bits per heavy atom. The number of halogens is 2. The lowest BCUT2D eigenvalue weighted by atomic mass is 10.0. The fourth-order valence-corrected chi connectivity index (χ4v) is 3.55. The highest BCUT2D eigenvalue weighted by Crippen LogP contribution is 2.30. The number of nitrogens with one attached hydrogen (secondary N) is 2. The summed E-state index contributed by atoms with van der Waals surface area (Å²) in [5.41, 5.74) is -0.367. The molecule has 2 aromatic carbocycles. The van der Waals surface area contributed by atoms with E-state index in [1.807, 2.05) is 0 Å². The maximum Gasteiger partial charge on any atom is 0.268 e. The number of anilines is 1. The Hall–Kier alpha value is -2.97. The molecule has 0 radical (unpaired) electrons. The number of benzene rings is 2. The van der Waals surface area contributed by atoms with E-state index in [2.05, 4.69) is 15.5 Å². The lowest BCUT2D eigenvalue weighted by Gasteiger charge is -2.22. The first-order valence-electron chi connectivity index (χ1n) is 8.57. The van der Waals surface area contributed by atoms with E-state index in [-0.39, 0.29) is 24.5 Å². The fourth-order valence-electron chi connectivity index (χ4n) is 3.30. The van der Waals surface area contributed by atoms with Crippen molar-refractivity contribution in [2.75, 3.05) is 11.4 Å². The Bertz CT molecular complexity index is 1070. The van der Waals surface area contributed by atoms with Crippen molar-refractivity contribution in [2.24, 2.45) is 0 Å². The molecule has 9 heteroatoms. The molecule has 3 aromatic rings. The monoisotopic (exact) mass is 402 g/mol. The van der Waals surface area contributed by atoms with Crippen molar-refractivity contribution >= 4 is 40.0 Å². The average molecular weight is 403 g/mol. The molecular weight excluding hydrogens is 387 g/mol. The normalized spacial score (nSPS) is 19.4. The zero-order valence-electron chi connectivity index (χ0n) is 14.6. The molecular formula is C19H16ClFN4O3. The van der Waals surface area contributed by atoms with Crippen molar-refractivity contribution in [1.29, 1.82) is 0 Å². The Balaban J connectivity index is 1.49. The van der Waals surface area contributed by atoms with E-state index >= 15 is 0 Å². The number of H-pyrrole nitrogens is 1. The zero-order chi connectivity index (χ0) is 19.9. The van der Waals surface area contributed by atoms with Crippen LogP contribution in [-0.4, -0.2) is 39.3 Å². The summed E-state index contributed by atoms with van der Waals surface area (Å²) >= 11 is 5.79. The minimum Gasteiger partial charge on any atom is -0.372 e. The summed E-state index contributed by atoms with van der Waals surface area (Å²) in [5.74, 6) is -2.07. The lowest BCUT2D eigenvalue weighted by molar-refractivity contribution is -0.149. The molecule has 0 bridgehead atoms. The number of aliphatic hydroxyl groups is 1. The quantitative estimate of drug-likeness (QED) is 0.582. The van der Waals surface area contributed by atoms with Gasteiger partial charge in [-0.1, -0.05) is 11.6 Å². The third-order valence-corrected chi connectivity index (χ3v) is 5.00. The van der Waals surface area contributed by atoms with E-state index in [1.165, 1.54) is 17.0 Å². The van der Waals surface area contributed by atoms with Gasteiger partial charge in [0, 0.05) is 35.6 Å². The topological polar surface area (TPSA) is 98.3 Å². The van der Waals surface area contributed by atoms with Crippen molar-refractivity contribution in [3.63, 3.8) is 0 Å². The molecule has 0 spiro atoms. The Labute approximate surface area is 164 Å². The maximum atomic E-state index is 13.4. The molecule has 4 rings (SSSR count). The van der Waals surface area contributed by atoms with E-state index < -0.39 is 23.2 Å². The summed E-state index contributed by atoms with van der Waals surface area (Å²) < 4.78 is 13.4. The van der Waals surface area contributed by atoms with E-state index in [1.54, 1.807) is 24.4 Å². The first kappa shape index (κ1) is 18.4. The highest BCUT2D eigenvalue weighted by Gasteiger charge is 2.51. The molecule has 3 N–H and O–H groups in total. The Morgan fingerprint density at radius 3 is 2.96 bits per heavy atom. The largest absolute Gasteiger partial charge is 0.372 e. The number of fused-ring (bicyclic) bond motifs is 1. The first-order valence-corrected chi connectivity index (χ1v) is 8.95.